The van der Waals surface area contributed by atoms with Gasteiger partial charge in [0.05, 0.1) is 22.4 Å². The molecule has 3 N–H and O–H groups in total. The number of nitro benzene ring substituents is 1. The van der Waals surface area contributed by atoms with Gasteiger partial charge >= 0.3 is 0 Å². The molecule has 0 amide bonds. The predicted octanol–water partition coefficient (Wildman–Crippen LogP) is 2.97. The van der Waals surface area contributed by atoms with Crippen molar-refractivity contribution >= 4 is 5.69 Å². The molecule has 2 aromatic rings. The lowest BCUT2D eigenvalue weighted by Gasteiger charge is -2.24. The molecule has 6 heteroatoms. The molecule has 1 saturated carbocycles. The minimum atomic E-state index is -0.369. The van der Waals surface area contributed by atoms with Crippen LogP contribution in [0, 0.1) is 10.1 Å². The van der Waals surface area contributed by atoms with Crippen molar-refractivity contribution in [1.82, 2.24) is 9.97 Å². The lowest BCUT2D eigenvalue weighted by Crippen LogP contribution is -2.27. The largest absolute Gasteiger partial charge is 0.342 e. The van der Waals surface area contributed by atoms with Crippen molar-refractivity contribution in [2.45, 2.75) is 37.6 Å². The zero-order valence-electron chi connectivity index (χ0n) is 11.7. The number of hydrogen-bond acceptors (Lipinski definition) is 4. The number of benzene rings is 1. The van der Waals surface area contributed by atoms with E-state index in [4.69, 9.17) is 5.73 Å². The van der Waals surface area contributed by atoms with E-state index in [1.807, 2.05) is 0 Å². The van der Waals surface area contributed by atoms with Gasteiger partial charge in [0.25, 0.3) is 5.69 Å². The standard InChI is InChI=1S/C15H18N4O2/c16-11-5-3-4-10(8-11)15-17-9-13(18-15)12-6-1-2-7-14(12)19(20)21/h1-2,6-7,9-11H,3-5,8,16H2,(H,17,18). The van der Waals surface area contributed by atoms with Crippen LogP contribution in [0.4, 0.5) is 5.69 Å². The van der Waals surface area contributed by atoms with Gasteiger partial charge < -0.3 is 10.7 Å². The number of aromatic amines is 1. The minimum Gasteiger partial charge on any atom is -0.342 e. The Kier molecular flexibility index (Phi) is 3.70. The van der Waals surface area contributed by atoms with E-state index >= 15 is 0 Å². The van der Waals surface area contributed by atoms with Crippen molar-refractivity contribution in [3.8, 4) is 11.3 Å². The van der Waals surface area contributed by atoms with Crippen LogP contribution in [0.3, 0.4) is 0 Å². The second kappa shape index (κ2) is 5.65. The molecule has 21 heavy (non-hydrogen) atoms. The zero-order valence-corrected chi connectivity index (χ0v) is 11.7. The van der Waals surface area contributed by atoms with Gasteiger partial charge in [0.2, 0.25) is 0 Å². The molecule has 0 radical (unpaired) electrons. The Morgan fingerprint density at radius 3 is 2.90 bits per heavy atom. The van der Waals surface area contributed by atoms with E-state index in [1.54, 1.807) is 24.4 Å². The van der Waals surface area contributed by atoms with Crippen LogP contribution in [0.15, 0.2) is 30.5 Å². The molecule has 2 atom stereocenters. The van der Waals surface area contributed by atoms with E-state index in [1.165, 1.54) is 6.07 Å². The third-order valence-corrected chi connectivity index (χ3v) is 4.09. The number of imidazole rings is 1. The first-order chi connectivity index (χ1) is 10.1. The summed E-state index contributed by atoms with van der Waals surface area (Å²) in [4.78, 5) is 18.4. The monoisotopic (exact) mass is 286 g/mol. The number of nitro groups is 1. The van der Waals surface area contributed by atoms with Crippen LogP contribution < -0.4 is 5.73 Å². The van der Waals surface area contributed by atoms with E-state index in [9.17, 15) is 10.1 Å². The fraction of sp³-hybridized carbons (Fsp3) is 0.400. The number of hydrogen-bond donors (Lipinski definition) is 2. The van der Waals surface area contributed by atoms with Gasteiger partial charge in [0.1, 0.15) is 5.82 Å². The molecular weight excluding hydrogens is 268 g/mol. The molecule has 0 bridgehead atoms. The molecule has 1 aromatic heterocycles. The highest BCUT2D eigenvalue weighted by atomic mass is 16.6. The number of H-pyrrole nitrogens is 1. The normalized spacial score (nSPS) is 22.1. The molecule has 3 rings (SSSR count). The summed E-state index contributed by atoms with van der Waals surface area (Å²) in [6.45, 7) is 0. The molecule has 6 nitrogen and oxygen atoms in total. The van der Waals surface area contributed by atoms with E-state index in [0.29, 0.717) is 17.2 Å². The molecule has 2 unspecified atom stereocenters. The Bertz CT molecular complexity index is 653. The summed E-state index contributed by atoms with van der Waals surface area (Å²) in [5.74, 6) is 1.21. The molecule has 1 fully saturated rings. The Balaban J connectivity index is 1.90. The van der Waals surface area contributed by atoms with Crippen molar-refractivity contribution in [1.29, 1.82) is 0 Å². The molecule has 0 aliphatic heterocycles. The highest BCUT2D eigenvalue weighted by Gasteiger charge is 2.24. The summed E-state index contributed by atoms with van der Waals surface area (Å²) in [7, 11) is 0. The summed E-state index contributed by atoms with van der Waals surface area (Å²) in [5.41, 5.74) is 7.37. The Morgan fingerprint density at radius 2 is 2.14 bits per heavy atom. The SMILES string of the molecule is NC1CCCC(c2ncc(-c3ccccc3[N+](=O)[O-])[nH]2)C1. The fourth-order valence-corrected chi connectivity index (χ4v) is 3.02. The summed E-state index contributed by atoms with van der Waals surface area (Å²) in [6.07, 6.45) is 5.83. The molecule has 1 aliphatic rings. The van der Waals surface area contributed by atoms with Gasteiger partial charge in [0, 0.05) is 18.0 Å². The van der Waals surface area contributed by atoms with Gasteiger partial charge in [-0.25, -0.2) is 4.98 Å². The molecule has 1 heterocycles. The van der Waals surface area contributed by atoms with Crippen LogP contribution in [0.5, 0.6) is 0 Å². The topological polar surface area (TPSA) is 97.8 Å². The smallest absolute Gasteiger partial charge is 0.278 e. The second-order valence-corrected chi connectivity index (χ2v) is 5.58. The lowest BCUT2D eigenvalue weighted by atomic mass is 9.86. The zero-order chi connectivity index (χ0) is 14.8. The first-order valence-electron chi connectivity index (χ1n) is 7.19. The molecule has 110 valence electrons. The van der Waals surface area contributed by atoms with Gasteiger partial charge in [-0.05, 0) is 25.3 Å². The van der Waals surface area contributed by atoms with E-state index in [-0.39, 0.29) is 16.7 Å². The summed E-state index contributed by atoms with van der Waals surface area (Å²) in [5, 5.41) is 11.1. The Labute approximate surface area is 122 Å². The molecular formula is C15H18N4O2. The van der Waals surface area contributed by atoms with Crippen molar-refractivity contribution in [3.05, 3.63) is 46.4 Å². The van der Waals surface area contributed by atoms with Gasteiger partial charge in [-0.15, -0.1) is 0 Å². The minimum absolute atomic E-state index is 0.0908. The number of nitrogens with two attached hydrogens (primary N) is 1. The molecule has 1 aliphatic carbocycles. The summed E-state index contributed by atoms with van der Waals surface area (Å²) in [6, 6.07) is 6.93. The predicted molar refractivity (Wildman–Crippen MR) is 79.9 cm³/mol. The van der Waals surface area contributed by atoms with Crippen molar-refractivity contribution in [2.24, 2.45) is 5.73 Å². The van der Waals surface area contributed by atoms with E-state index in [2.05, 4.69) is 9.97 Å². The van der Waals surface area contributed by atoms with Crippen LogP contribution in [-0.4, -0.2) is 20.9 Å². The molecule has 1 aromatic carbocycles. The van der Waals surface area contributed by atoms with Crippen LogP contribution in [0.2, 0.25) is 0 Å². The lowest BCUT2D eigenvalue weighted by molar-refractivity contribution is -0.384. The Hall–Kier alpha value is -2.21. The molecule has 0 saturated heterocycles. The van der Waals surface area contributed by atoms with Gasteiger partial charge in [0.15, 0.2) is 0 Å². The summed E-state index contributed by atoms with van der Waals surface area (Å²) >= 11 is 0. The van der Waals surface area contributed by atoms with Gasteiger partial charge in [-0.3, -0.25) is 10.1 Å². The van der Waals surface area contributed by atoms with E-state index in [0.717, 1.165) is 31.5 Å². The average molecular weight is 286 g/mol. The first kappa shape index (κ1) is 13.8. The maximum absolute atomic E-state index is 11.1. The van der Waals surface area contributed by atoms with Crippen molar-refractivity contribution in [2.75, 3.05) is 0 Å². The van der Waals surface area contributed by atoms with Crippen LogP contribution in [-0.2, 0) is 0 Å². The maximum Gasteiger partial charge on any atom is 0.278 e. The number of nitrogens with one attached hydrogen (secondary N) is 1. The quantitative estimate of drug-likeness (QED) is 0.669. The van der Waals surface area contributed by atoms with Gasteiger partial charge in [-0.1, -0.05) is 18.6 Å². The molecule has 0 spiro atoms. The highest BCUT2D eigenvalue weighted by Crippen LogP contribution is 2.33. The first-order valence-corrected chi connectivity index (χ1v) is 7.19. The summed E-state index contributed by atoms with van der Waals surface area (Å²) < 4.78 is 0. The Morgan fingerprint density at radius 1 is 1.33 bits per heavy atom. The number of nitrogens with zero attached hydrogens (tertiary/aromatic N) is 2. The van der Waals surface area contributed by atoms with Crippen LogP contribution in [0.25, 0.3) is 11.3 Å². The van der Waals surface area contributed by atoms with Gasteiger partial charge in [-0.2, -0.15) is 0 Å². The second-order valence-electron chi connectivity index (χ2n) is 5.58. The average Bonchev–Trinajstić information content (AvgIpc) is 2.97. The third kappa shape index (κ3) is 2.80. The fourth-order valence-electron chi connectivity index (χ4n) is 3.02. The maximum atomic E-state index is 11.1. The van der Waals surface area contributed by atoms with Crippen LogP contribution >= 0.6 is 0 Å². The number of rotatable bonds is 3. The highest BCUT2D eigenvalue weighted by molar-refractivity contribution is 5.70. The van der Waals surface area contributed by atoms with Crippen molar-refractivity contribution in [3.63, 3.8) is 0 Å². The van der Waals surface area contributed by atoms with Crippen LogP contribution in [0.1, 0.15) is 37.4 Å². The third-order valence-electron chi connectivity index (χ3n) is 4.09. The number of aromatic nitrogens is 2. The van der Waals surface area contributed by atoms with Crippen molar-refractivity contribution < 1.29 is 4.92 Å². The number of para-hydroxylation sites is 1. The van der Waals surface area contributed by atoms with E-state index < -0.39 is 0 Å².